The summed E-state index contributed by atoms with van der Waals surface area (Å²) in [6, 6.07) is 0. The average Bonchev–Trinajstić information content (AvgIpc) is 2.82. The molecule has 1 amide bonds. The Morgan fingerprint density at radius 3 is 2.74 bits per heavy atom. The third-order valence-corrected chi connectivity index (χ3v) is 5.31. The van der Waals surface area contributed by atoms with Crippen LogP contribution in [0, 0.1) is 0 Å². The summed E-state index contributed by atoms with van der Waals surface area (Å²) >= 11 is 2.81. The van der Waals surface area contributed by atoms with Gasteiger partial charge in [0.25, 0.3) is 0 Å². The van der Waals surface area contributed by atoms with Crippen LogP contribution in [-0.2, 0) is 15.0 Å². The lowest BCUT2D eigenvalue weighted by Gasteiger charge is -2.15. The molecular formula is C13H18N2O2S2. The number of aromatic nitrogens is 1. The first-order chi connectivity index (χ1) is 8.77. The van der Waals surface area contributed by atoms with Crippen molar-refractivity contribution in [1.82, 2.24) is 4.98 Å². The molecule has 1 aliphatic heterocycles. The quantitative estimate of drug-likeness (QED) is 0.842. The number of thioether (sulfide) groups is 1. The van der Waals surface area contributed by atoms with E-state index in [1.54, 1.807) is 23.2 Å². The minimum Gasteiger partial charge on any atom is -0.288 e. The Bertz CT molecular complexity index is 505. The van der Waals surface area contributed by atoms with Crippen LogP contribution in [0.5, 0.6) is 0 Å². The molecule has 0 bridgehead atoms. The van der Waals surface area contributed by atoms with Crippen LogP contribution in [0.1, 0.15) is 39.0 Å². The molecule has 1 fully saturated rings. The van der Waals surface area contributed by atoms with Gasteiger partial charge < -0.3 is 0 Å². The van der Waals surface area contributed by atoms with Gasteiger partial charge in [-0.2, -0.15) is 0 Å². The molecule has 0 saturated carbocycles. The lowest BCUT2D eigenvalue weighted by Crippen LogP contribution is -2.24. The predicted octanol–water partition coefficient (Wildman–Crippen LogP) is 2.83. The highest BCUT2D eigenvalue weighted by atomic mass is 32.2. The highest BCUT2D eigenvalue weighted by Crippen LogP contribution is 2.35. The molecule has 0 aromatic carbocycles. The van der Waals surface area contributed by atoms with E-state index in [9.17, 15) is 9.59 Å². The number of rotatable bonds is 2. The molecule has 4 nitrogen and oxygen atoms in total. The number of carbonyl (C=O) groups excluding carboxylic acids is 2. The first-order valence-electron chi connectivity index (χ1n) is 6.21. The minimum absolute atomic E-state index is 0.0478. The van der Waals surface area contributed by atoms with Gasteiger partial charge in [-0.05, 0) is 5.41 Å². The molecule has 19 heavy (non-hydrogen) atoms. The van der Waals surface area contributed by atoms with E-state index in [0.29, 0.717) is 13.0 Å². The van der Waals surface area contributed by atoms with Crippen LogP contribution in [0.2, 0.25) is 0 Å². The number of nitrogens with zero attached hydrogens (tertiary/aromatic N) is 2. The maximum Gasteiger partial charge on any atom is 0.230 e. The van der Waals surface area contributed by atoms with Crippen LogP contribution in [0.4, 0.5) is 5.13 Å². The number of hydrogen-bond donors (Lipinski definition) is 0. The summed E-state index contributed by atoms with van der Waals surface area (Å²) in [7, 11) is 0. The van der Waals surface area contributed by atoms with E-state index in [0.717, 1.165) is 10.0 Å². The molecule has 0 spiro atoms. The van der Waals surface area contributed by atoms with Crippen molar-refractivity contribution in [3.05, 3.63) is 11.1 Å². The molecule has 2 rings (SSSR count). The summed E-state index contributed by atoms with van der Waals surface area (Å²) < 4.78 is 0. The van der Waals surface area contributed by atoms with E-state index < -0.39 is 0 Å². The Balaban J connectivity index is 2.12. The molecule has 1 unspecified atom stereocenters. The van der Waals surface area contributed by atoms with Gasteiger partial charge in [-0.15, -0.1) is 11.3 Å². The van der Waals surface area contributed by atoms with Crippen molar-refractivity contribution in [1.29, 1.82) is 0 Å². The van der Waals surface area contributed by atoms with Crippen molar-refractivity contribution in [2.75, 3.05) is 11.4 Å². The Hall–Kier alpha value is -0.880. The van der Waals surface area contributed by atoms with Crippen molar-refractivity contribution in [3.8, 4) is 0 Å². The highest BCUT2D eigenvalue weighted by Gasteiger charge is 2.34. The summed E-state index contributed by atoms with van der Waals surface area (Å²) in [5.74, 6) is 0.0635. The minimum atomic E-state index is 0.0478. The maximum absolute atomic E-state index is 12.0. The summed E-state index contributed by atoms with van der Waals surface area (Å²) in [5, 5.41) is 0.878. The molecule has 1 aromatic rings. The fourth-order valence-corrected chi connectivity index (χ4v) is 3.83. The Morgan fingerprint density at radius 1 is 1.53 bits per heavy atom. The Labute approximate surface area is 121 Å². The van der Waals surface area contributed by atoms with Crippen LogP contribution in [0.3, 0.4) is 0 Å². The molecule has 0 radical (unpaired) electrons. The van der Waals surface area contributed by atoms with Crippen LogP contribution in [-0.4, -0.2) is 27.8 Å². The molecule has 1 saturated heterocycles. The number of anilines is 1. The molecule has 104 valence electrons. The molecule has 0 N–H and O–H groups in total. The molecular weight excluding hydrogens is 280 g/mol. The van der Waals surface area contributed by atoms with E-state index in [-0.39, 0.29) is 21.7 Å². The fraction of sp³-hybridized carbons (Fsp3) is 0.615. The second-order valence-corrected chi connectivity index (χ2v) is 8.18. The summed E-state index contributed by atoms with van der Waals surface area (Å²) in [6.45, 7) is 8.51. The van der Waals surface area contributed by atoms with Crippen LogP contribution < -0.4 is 4.90 Å². The first kappa shape index (κ1) is 14.5. The van der Waals surface area contributed by atoms with Gasteiger partial charge in [0.05, 0.1) is 0 Å². The zero-order chi connectivity index (χ0) is 14.2. The third kappa shape index (κ3) is 3.36. The summed E-state index contributed by atoms with van der Waals surface area (Å²) in [5.41, 5.74) is 0.0478. The van der Waals surface area contributed by atoms with Gasteiger partial charge in [0.15, 0.2) is 10.2 Å². The number of amides is 1. The zero-order valence-corrected chi connectivity index (χ0v) is 13.2. The lowest BCUT2D eigenvalue weighted by atomic mass is 9.96. The summed E-state index contributed by atoms with van der Waals surface area (Å²) in [6.07, 6.45) is 2.27. The Kier molecular flexibility index (Phi) is 4.01. The van der Waals surface area contributed by atoms with E-state index >= 15 is 0 Å². The number of hydrogen-bond acceptors (Lipinski definition) is 5. The predicted molar refractivity (Wildman–Crippen MR) is 79.8 cm³/mol. The van der Waals surface area contributed by atoms with E-state index in [1.165, 1.54) is 11.8 Å². The molecule has 1 aromatic heterocycles. The van der Waals surface area contributed by atoms with E-state index in [1.807, 2.05) is 6.20 Å². The van der Waals surface area contributed by atoms with Crippen molar-refractivity contribution >= 4 is 39.3 Å². The molecule has 1 aliphatic rings. The largest absolute Gasteiger partial charge is 0.288 e. The van der Waals surface area contributed by atoms with E-state index in [4.69, 9.17) is 0 Å². The first-order valence-corrected chi connectivity index (χ1v) is 7.91. The average molecular weight is 298 g/mol. The standard InChI is InChI=1S/C13H18N2O2S2/c1-8(16)18-9-5-11(17)15(7-9)12-14-6-10(19-12)13(2,3)4/h6,9H,5,7H2,1-4H3. The SMILES string of the molecule is CC(=O)SC1CC(=O)N(c2ncc(C(C)(C)C)s2)C1. The van der Waals surface area contributed by atoms with Crippen molar-refractivity contribution in [3.63, 3.8) is 0 Å². The van der Waals surface area contributed by atoms with Gasteiger partial charge in [0.1, 0.15) is 0 Å². The van der Waals surface area contributed by atoms with Gasteiger partial charge in [-0.25, -0.2) is 4.98 Å². The topological polar surface area (TPSA) is 50.3 Å². The van der Waals surface area contributed by atoms with Crippen LogP contribution in [0.25, 0.3) is 0 Å². The van der Waals surface area contributed by atoms with Gasteiger partial charge in [0.2, 0.25) is 5.91 Å². The molecule has 6 heteroatoms. The molecule has 0 aliphatic carbocycles. The Morgan fingerprint density at radius 2 is 2.21 bits per heavy atom. The lowest BCUT2D eigenvalue weighted by molar-refractivity contribution is -0.117. The smallest absolute Gasteiger partial charge is 0.230 e. The number of thiazole rings is 1. The van der Waals surface area contributed by atoms with E-state index in [2.05, 4.69) is 25.8 Å². The van der Waals surface area contributed by atoms with Crippen molar-refractivity contribution < 1.29 is 9.59 Å². The van der Waals surface area contributed by atoms with Crippen molar-refractivity contribution in [2.24, 2.45) is 0 Å². The second-order valence-electron chi connectivity index (χ2n) is 5.70. The van der Waals surface area contributed by atoms with Gasteiger partial charge in [0, 0.05) is 36.2 Å². The normalized spacial score (nSPS) is 20.1. The zero-order valence-electron chi connectivity index (χ0n) is 11.6. The summed E-state index contributed by atoms with van der Waals surface area (Å²) in [4.78, 5) is 30.3. The van der Waals surface area contributed by atoms with Crippen LogP contribution in [0.15, 0.2) is 6.20 Å². The van der Waals surface area contributed by atoms with Crippen molar-refractivity contribution in [2.45, 2.75) is 44.8 Å². The molecule has 1 atom stereocenters. The van der Waals surface area contributed by atoms with Gasteiger partial charge in [-0.3, -0.25) is 14.5 Å². The maximum atomic E-state index is 12.0. The molecule has 2 heterocycles. The third-order valence-electron chi connectivity index (χ3n) is 2.89. The monoisotopic (exact) mass is 298 g/mol. The highest BCUT2D eigenvalue weighted by molar-refractivity contribution is 8.14. The van der Waals surface area contributed by atoms with Gasteiger partial charge in [-0.1, -0.05) is 32.5 Å². The number of carbonyl (C=O) groups is 2. The second kappa shape index (κ2) is 5.25. The fourth-order valence-electron chi connectivity index (χ4n) is 1.91. The van der Waals surface area contributed by atoms with Crippen LogP contribution >= 0.6 is 23.1 Å². The van der Waals surface area contributed by atoms with Gasteiger partial charge >= 0.3 is 0 Å².